The van der Waals surface area contributed by atoms with E-state index in [1.165, 1.54) is 5.69 Å². The number of aromatic nitrogens is 6. The van der Waals surface area contributed by atoms with Gasteiger partial charge in [0.05, 0.1) is 28.7 Å². The van der Waals surface area contributed by atoms with E-state index in [1.54, 1.807) is 6.20 Å². The maximum Gasteiger partial charge on any atom is 0.262 e. The van der Waals surface area contributed by atoms with E-state index in [1.807, 2.05) is 4.68 Å². The number of nitrogens with one attached hydrogen (secondary N) is 2. The molecule has 2 aliphatic heterocycles. The lowest BCUT2D eigenvalue weighted by Crippen LogP contribution is -2.46. The van der Waals surface area contributed by atoms with E-state index in [0.29, 0.717) is 16.9 Å². The molecule has 10 nitrogen and oxygen atoms in total. The van der Waals surface area contributed by atoms with Crippen molar-refractivity contribution in [2.75, 3.05) is 56.1 Å². The number of imidazole rings is 1. The smallest absolute Gasteiger partial charge is 0.262 e. The molecule has 0 spiro atoms. The zero-order valence-corrected chi connectivity index (χ0v) is 20.2. The van der Waals surface area contributed by atoms with E-state index in [0.717, 1.165) is 56.3 Å². The number of hydrogen-bond donors (Lipinski definition) is 2. The highest BCUT2D eigenvalue weighted by molar-refractivity contribution is 5.82. The van der Waals surface area contributed by atoms with E-state index >= 15 is 0 Å². The molecule has 2 saturated heterocycles. The molecule has 0 aliphatic carbocycles. The quantitative estimate of drug-likeness (QED) is 0.482. The first-order valence-corrected chi connectivity index (χ1v) is 11.9. The Morgan fingerprint density at radius 1 is 1.00 bits per heavy atom. The van der Waals surface area contributed by atoms with Gasteiger partial charge < -0.3 is 24.7 Å². The molecule has 6 rings (SSSR count). The average molecular weight is 462 g/mol. The molecule has 10 heteroatoms. The Bertz CT molecular complexity index is 1410. The lowest BCUT2D eigenvalue weighted by atomic mass is 10.00. The van der Waals surface area contributed by atoms with Crippen LogP contribution in [-0.4, -0.2) is 80.9 Å². The van der Waals surface area contributed by atoms with Crippen LogP contribution in [0.2, 0.25) is 0 Å². The minimum atomic E-state index is -0.247. The fraction of sp³-hybridized carbons (Fsp3) is 0.500. The highest BCUT2D eigenvalue weighted by atomic mass is 16.1. The molecule has 34 heavy (non-hydrogen) atoms. The van der Waals surface area contributed by atoms with Crippen LogP contribution in [0.1, 0.15) is 32.5 Å². The third-order valence-electron chi connectivity index (χ3n) is 6.98. The standard InChI is InChI=1S/C24H31N9O/c1-24(2,3)33-21-17(12-25-33)22(34)29-20(28-21)15-13-32(14-15)23-26-18-6-5-16(11-19(18)27-23)31-9-7-30(4)8-10-31/h5-6,11-12,15H,7-10,13-14H2,1-4H3,(H,26,27)(H,28,29,34). The normalized spacial score (nSPS) is 18.2. The summed E-state index contributed by atoms with van der Waals surface area (Å²) in [4.78, 5) is 35.7. The van der Waals surface area contributed by atoms with Gasteiger partial charge in [-0.1, -0.05) is 0 Å². The van der Waals surface area contributed by atoms with Crippen molar-refractivity contribution < 1.29 is 0 Å². The number of fused-ring (bicyclic) bond motifs is 2. The fourth-order valence-electron chi connectivity index (χ4n) is 4.84. The van der Waals surface area contributed by atoms with Gasteiger partial charge in [-0.25, -0.2) is 14.6 Å². The molecule has 0 radical (unpaired) electrons. The van der Waals surface area contributed by atoms with Crippen LogP contribution in [0.15, 0.2) is 29.2 Å². The number of hydrogen-bond acceptors (Lipinski definition) is 7. The molecule has 2 N–H and O–H groups in total. The molecule has 0 atom stereocenters. The second-order valence-electron chi connectivity index (χ2n) is 10.6. The van der Waals surface area contributed by atoms with Crippen LogP contribution in [-0.2, 0) is 5.54 Å². The highest BCUT2D eigenvalue weighted by Crippen LogP contribution is 2.31. The number of nitrogens with zero attached hydrogens (tertiary/aromatic N) is 7. The van der Waals surface area contributed by atoms with Gasteiger partial charge in [0.2, 0.25) is 5.95 Å². The molecular formula is C24H31N9O. The van der Waals surface area contributed by atoms with Crippen molar-refractivity contribution in [1.29, 1.82) is 0 Å². The molecule has 0 saturated carbocycles. The summed E-state index contributed by atoms with van der Waals surface area (Å²) in [5.74, 6) is 1.73. The minimum Gasteiger partial charge on any atom is -0.369 e. The maximum atomic E-state index is 12.6. The van der Waals surface area contributed by atoms with Crippen molar-refractivity contribution in [3.8, 4) is 0 Å². The zero-order chi connectivity index (χ0) is 23.6. The lowest BCUT2D eigenvalue weighted by molar-refractivity contribution is 0.313. The molecule has 2 aliphatic rings. The molecule has 178 valence electrons. The van der Waals surface area contributed by atoms with Gasteiger partial charge in [0.15, 0.2) is 5.65 Å². The SMILES string of the molecule is CN1CCN(c2ccc3nc(N4CC(c5nc6c(cnn6C(C)(C)C)c(=O)[nH]5)C4)[nH]c3c2)CC1. The van der Waals surface area contributed by atoms with E-state index in [2.05, 4.69) is 75.8 Å². The molecule has 5 heterocycles. The molecule has 1 aromatic carbocycles. The Morgan fingerprint density at radius 3 is 2.50 bits per heavy atom. The number of anilines is 2. The van der Waals surface area contributed by atoms with Crippen LogP contribution in [0, 0.1) is 0 Å². The maximum absolute atomic E-state index is 12.6. The van der Waals surface area contributed by atoms with Crippen LogP contribution in [0.4, 0.5) is 11.6 Å². The summed E-state index contributed by atoms with van der Waals surface area (Å²) in [6, 6.07) is 6.47. The van der Waals surface area contributed by atoms with Gasteiger partial charge in [-0.3, -0.25) is 4.79 Å². The second kappa shape index (κ2) is 7.56. The zero-order valence-electron chi connectivity index (χ0n) is 20.2. The van der Waals surface area contributed by atoms with Crippen LogP contribution in [0.25, 0.3) is 22.1 Å². The summed E-state index contributed by atoms with van der Waals surface area (Å²) in [6.45, 7) is 11.9. The van der Waals surface area contributed by atoms with Crippen LogP contribution in [0.3, 0.4) is 0 Å². The largest absolute Gasteiger partial charge is 0.369 e. The van der Waals surface area contributed by atoms with E-state index in [4.69, 9.17) is 9.97 Å². The van der Waals surface area contributed by atoms with Gasteiger partial charge in [0.1, 0.15) is 11.2 Å². The summed E-state index contributed by atoms with van der Waals surface area (Å²) in [7, 11) is 2.17. The van der Waals surface area contributed by atoms with Crippen molar-refractivity contribution in [3.05, 3.63) is 40.6 Å². The van der Waals surface area contributed by atoms with Crippen molar-refractivity contribution in [2.24, 2.45) is 0 Å². The van der Waals surface area contributed by atoms with Crippen molar-refractivity contribution >= 4 is 33.7 Å². The van der Waals surface area contributed by atoms with Crippen LogP contribution in [0.5, 0.6) is 0 Å². The van der Waals surface area contributed by atoms with Gasteiger partial charge in [0.25, 0.3) is 5.56 Å². The van der Waals surface area contributed by atoms with E-state index in [-0.39, 0.29) is 17.0 Å². The molecular weight excluding hydrogens is 430 g/mol. The van der Waals surface area contributed by atoms with Crippen LogP contribution < -0.4 is 15.4 Å². The number of rotatable bonds is 3. The van der Waals surface area contributed by atoms with Crippen LogP contribution >= 0.6 is 0 Å². The second-order valence-corrected chi connectivity index (χ2v) is 10.6. The Balaban J connectivity index is 1.21. The van der Waals surface area contributed by atoms with Gasteiger partial charge >= 0.3 is 0 Å². The van der Waals surface area contributed by atoms with Crippen molar-refractivity contribution in [1.82, 2.24) is 34.6 Å². The monoisotopic (exact) mass is 461 g/mol. The Morgan fingerprint density at radius 2 is 1.76 bits per heavy atom. The third kappa shape index (κ3) is 3.53. The fourth-order valence-corrected chi connectivity index (χ4v) is 4.84. The lowest BCUT2D eigenvalue weighted by Gasteiger charge is -2.38. The first-order valence-electron chi connectivity index (χ1n) is 11.9. The summed E-state index contributed by atoms with van der Waals surface area (Å²) < 4.78 is 1.83. The van der Waals surface area contributed by atoms with Gasteiger partial charge in [-0.2, -0.15) is 5.10 Å². The number of likely N-dealkylation sites (N-methyl/N-ethyl adjacent to an activating group) is 1. The number of piperazine rings is 1. The predicted octanol–water partition coefficient (Wildman–Crippen LogP) is 2.11. The molecule has 0 amide bonds. The average Bonchev–Trinajstić information content (AvgIpc) is 3.37. The summed E-state index contributed by atoms with van der Waals surface area (Å²) in [5, 5.41) is 4.94. The summed E-state index contributed by atoms with van der Waals surface area (Å²) >= 11 is 0. The van der Waals surface area contributed by atoms with E-state index < -0.39 is 0 Å². The molecule has 0 unspecified atom stereocenters. The molecule has 3 aromatic heterocycles. The van der Waals surface area contributed by atoms with Gasteiger partial charge in [-0.15, -0.1) is 0 Å². The minimum absolute atomic E-state index is 0.130. The predicted molar refractivity (Wildman–Crippen MR) is 134 cm³/mol. The number of aromatic amines is 2. The summed E-state index contributed by atoms with van der Waals surface area (Å²) in [5.41, 5.74) is 3.53. The van der Waals surface area contributed by atoms with Crippen molar-refractivity contribution in [3.63, 3.8) is 0 Å². The Labute approximate surface area is 197 Å². The first-order chi connectivity index (χ1) is 16.3. The topological polar surface area (TPSA) is 102 Å². The highest BCUT2D eigenvalue weighted by Gasteiger charge is 2.33. The number of H-pyrrole nitrogens is 2. The van der Waals surface area contributed by atoms with Gasteiger partial charge in [-0.05, 0) is 46.0 Å². The molecule has 2 fully saturated rings. The Kier molecular flexibility index (Phi) is 4.70. The van der Waals surface area contributed by atoms with Gasteiger partial charge in [0, 0.05) is 45.0 Å². The molecule has 4 aromatic rings. The van der Waals surface area contributed by atoms with E-state index in [9.17, 15) is 4.79 Å². The number of benzene rings is 1. The Hall–Kier alpha value is -3.40. The van der Waals surface area contributed by atoms with Crippen molar-refractivity contribution in [2.45, 2.75) is 32.2 Å². The third-order valence-corrected chi connectivity index (χ3v) is 6.98. The molecule has 0 bridgehead atoms. The first kappa shape index (κ1) is 21.2. The summed E-state index contributed by atoms with van der Waals surface area (Å²) in [6.07, 6.45) is 1.61.